The van der Waals surface area contributed by atoms with Crippen LogP contribution < -0.4 is 16.0 Å². The van der Waals surface area contributed by atoms with Gasteiger partial charge in [0.05, 0.1) is 35.9 Å². The SMILES string of the molecule is CNC(=O)c1cccc(-c2ccc3c(N)nc(N4CC5(CCC5)OC[C@@H]4C)nc3n2)c1. The number of aromatic nitrogens is 3. The molecule has 1 aliphatic carbocycles. The van der Waals surface area contributed by atoms with Crippen LogP contribution in [0.1, 0.15) is 36.5 Å². The van der Waals surface area contributed by atoms with Crippen LogP contribution >= 0.6 is 0 Å². The van der Waals surface area contributed by atoms with E-state index in [9.17, 15) is 4.79 Å². The summed E-state index contributed by atoms with van der Waals surface area (Å²) >= 11 is 0. The topological polar surface area (TPSA) is 106 Å². The Hall–Kier alpha value is -3.26. The van der Waals surface area contributed by atoms with Gasteiger partial charge in [-0.15, -0.1) is 0 Å². The number of carbonyl (C=O) groups excluding carboxylic acids is 1. The summed E-state index contributed by atoms with van der Waals surface area (Å²) in [5.74, 6) is 0.873. The summed E-state index contributed by atoms with van der Waals surface area (Å²) in [5, 5.41) is 3.37. The van der Waals surface area contributed by atoms with Crippen LogP contribution in [0.25, 0.3) is 22.3 Å². The Morgan fingerprint density at radius 3 is 2.81 bits per heavy atom. The first-order chi connectivity index (χ1) is 15.0. The number of amides is 1. The number of benzene rings is 1. The summed E-state index contributed by atoms with van der Waals surface area (Å²) in [6.07, 6.45) is 3.34. The Bertz CT molecular complexity index is 1160. The van der Waals surface area contributed by atoms with E-state index in [1.807, 2.05) is 30.3 Å². The molecular weight excluding hydrogens is 392 g/mol. The summed E-state index contributed by atoms with van der Waals surface area (Å²) in [5.41, 5.74) is 8.92. The van der Waals surface area contributed by atoms with Gasteiger partial charge >= 0.3 is 0 Å². The third kappa shape index (κ3) is 3.46. The number of ether oxygens (including phenoxy) is 1. The van der Waals surface area contributed by atoms with Gasteiger partial charge in [-0.05, 0) is 50.5 Å². The first-order valence-corrected chi connectivity index (χ1v) is 10.7. The monoisotopic (exact) mass is 418 g/mol. The quantitative estimate of drug-likeness (QED) is 0.674. The molecule has 2 aliphatic rings. The molecule has 1 amide bonds. The van der Waals surface area contributed by atoms with E-state index in [-0.39, 0.29) is 17.6 Å². The van der Waals surface area contributed by atoms with Crippen LogP contribution in [0.15, 0.2) is 36.4 Å². The van der Waals surface area contributed by atoms with Gasteiger partial charge in [-0.3, -0.25) is 4.79 Å². The molecule has 1 saturated carbocycles. The van der Waals surface area contributed by atoms with Gasteiger partial charge in [-0.25, -0.2) is 4.98 Å². The van der Waals surface area contributed by atoms with Gasteiger partial charge < -0.3 is 20.7 Å². The lowest BCUT2D eigenvalue weighted by atomic mass is 9.78. The van der Waals surface area contributed by atoms with Crippen molar-refractivity contribution in [2.24, 2.45) is 0 Å². The largest absolute Gasteiger partial charge is 0.383 e. The number of hydrogen-bond donors (Lipinski definition) is 2. The molecule has 1 aliphatic heterocycles. The third-order valence-corrected chi connectivity index (χ3v) is 6.37. The highest BCUT2D eigenvalue weighted by Crippen LogP contribution is 2.40. The van der Waals surface area contributed by atoms with Gasteiger partial charge in [0.15, 0.2) is 5.65 Å². The molecule has 8 heteroatoms. The summed E-state index contributed by atoms with van der Waals surface area (Å²) in [4.78, 5) is 28.3. The number of anilines is 2. The maximum Gasteiger partial charge on any atom is 0.251 e. The zero-order valence-corrected chi connectivity index (χ0v) is 17.8. The van der Waals surface area contributed by atoms with Crippen molar-refractivity contribution < 1.29 is 9.53 Å². The van der Waals surface area contributed by atoms with Gasteiger partial charge in [-0.2, -0.15) is 9.97 Å². The first kappa shape index (κ1) is 19.7. The highest BCUT2D eigenvalue weighted by Gasteiger charge is 2.44. The van der Waals surface area contributed by atoms with Gasteiger partial charge in [0.25, 0.3) is 5.91 Å². The minimum atomic E-state index is -0.136. The van der Waals surface area contributed by atoms with E-state index in [0.29, 0.717) is 35.0 Å². The fourth-order valence-electron chi connectivity index (χ4n) is 4.32. The van der Waals surface area contributed by atoms with E-state index in [1.54, 1.807) is 13.1 Å². The van der Waals surface area contributed by atoms with E-state index in [0.717, 1.165) is 30.6 Å². The lowest BCUT2D eigenvalue weighted by Crippen LogP contribution is -2.59. The molecule has 0 unspecified atom stereocenters. The molecular formula is C23H26N6O2. The second kappa shape index (κ2) is 7.46. The second-order valence-corrected chi connectivity index (χ2v) is 8.46. The first-order valence-electron chi connectivity index (χ1n) is 10.7. The van der Waals surface area contributed by atoms with Gasteiger partial charge in [0, 0.05) is 18.2 Å². The maximum absolute atomic E-state index is 12.0. The van der Waals surface area contributed by atoms with Gasteiger partial charge in [-0.1, -0.05) is 12.1 Å². The van der Waals surface area contributed by atoms with E-state index >= 15 is 0 Å². The minimum absolute atomic E-state index is 0.0743. The fourth-order valence-corrected chi connectivity index (χ4v) is 4.32. The Morgan fingerprint density at radius 2 is 2.06 bits per heavy atom. The van der Waals surface area contributed by atoms with Gasteiger partial charge in [0.2, 0.25) is 5.95 Å². The van der Waals surface area contributed by atoms with E-state index in [1.165, 1.54) is 6.42 Å². The highest BCUT2D eigenvalue weighted by atomic mass is 16.5. The number of nitrogen functional groups attached to an aromatic ring is 1. The molecule has 0 radical (unpaired) electrons. The highest BCUT2D eigenvalue weighted by molar-refractivity contribution is 5.95. The van der Waals surface area contributed by atoms with Crippen molar-refractivity contribution in [3.8, 4) is 11.3 Å². The van der Waals surface area contributed by atoms with Crippen LogP contribution in [0.2, 0.25) is 0 Å². The zero-order chi connectivity index (χ0) is 21.6. The maximum atomic E-state index is 12.0. The summed E-state index contributed by atoms with van der Waals surface area (Å²) in [6.45, 7) is 3.54. The van der Waals surface area contributed by atoms with Crippen molar-refractivity contribution in [2.75, 3.05) is 30.8 Å². The lowest BCUT2D eigenvalue weighted by molar-refractivity contribution is -0.117. The number of morpholine rings is 1. The molecule has 31 heavy (non-hydrogen) atoms. The Labute approximate surface area is 180 Å². The molecule has 160 valence electrons. The van der Waals surface area contributed by atoms with Crippen molar-refractivity contribution in [1.82, 2.24) is 20.3 Å². The molecule has 1 atom stereocenters. The number of nitrogens with zero attached hydrogens (tertiary/aromatic N) is 4. The Balaban J connectivity index is 1.54. The smallest absolute Gasteiger partial charge is 0.251 e. The molecule has 3 N–H and O–H groups in total. The van der Waals surface area contributed by atoms with Crippen molar-refractivity contribution in [3.05, 3.63) is 42.0 Å². The van der Waals surface area contributed by atoms with Crippen molar-refractivity contribution in [3.63, 3.8) is 0 Å². The number of hydrogen-bond acceptors (Lipinski definition) is 7. The fraction of sp³-hybridized carbons (Fsp3) is 0.391. The van der Waals surface area contributed by atoms with Crippen molar-refractivity contribution in [2.45, 2.75) is 37.8 Å². The number of nitrogens with one attached hydrogen (secondary N) is 1. The average molecular weight is 419 g/mol. The second-order valence-electron chi connectivity index (χ2n) is 8.46. The van der Waals surface area contributed by atoms with Crippen LogP contribution in [-0.2, 0) is 4.74 Å². The number of fused-ring (bicyclic) bond motifs is 1. The molecule has 8 nitrogen and oxygen atoms in total. The summed E-state index contributed by atoms with van der Waals surface area (Å²) in [7, 11) is 1.62. The summed E-state index contributed by atoms with van der Waals surface area (Å²) in [6, 6.07) is 11.3. The molecule has 3 aromatic rings. The molecule has 2 fully saturated rings. The van der Waals surface area contributed by atoms with E-state index < -0.39 is 0 Å². The molecule has 1 aromatic carbocycles. The normalized spacial score (nSPS) is 19.9. The average Bonchev–Trinajstić information content (AvgIpc) is 2.77. The zero-order valence-electron chi connectivity index (χ0n) is 17.8. The minimum Gasteiger partial charge on any atom is -0.383 e. The van der Waals surface area contributed by atoms with Crippen molar-refractivity contribution in [1.29, 1.82) is 0 Å². The lowest BCUT2D eigenvalue weighted by Gasteiger charge is -2.50. The Kier molecular flexibility index (Phi) is 4.74. The predicted molar refractivity (Wildman–Crippen MR) is 120 cm³/mol. The summed E-state index contributed by atoms with van der Waals surface area (Å²) < 4.78 is 6.12. The molecule has 3 heterocycles. The van der Waals surface area contributed by atoms with E-state index in [2.05, 4.69) is 22.1 Å². The Morgan fingerprint density at radius 1 is 1.23 bits per heavy atom. The number of pyridine rings is 1. The van der Waals surface area contributed by atoms with Gasteiger partial charge in [0.1, 0.15) is 5.82 Å². The molecule has 2 aromatic heterocycles. The molecule has 0 bridgehead atoms. The third-order valence-electron chi connectivity index (χ3n) is 6.37. The van der Waals surface area contributed by atoms with Crippen LogP contribution in [0, 0.1) is 0 Å². The molecule has 1 saturated heterocycles. The van der Waals surface area contributed by atoms with Crippen LogP contribution in [0.3, 0.4) is 0 Å². The molecule has 1 spiro atoms. The van der Waals surface area contributed by atoms with Crippen LogP contribution in [0.5, 0.6) is 0 Å². The van der Waals surface area contributed by atoms with Crippen molar-refractivity contribution >= 4 is 28.7 Å². The molecule has 5 rings (SSSR count). The predicted octanol–water partition coefficient (Wildman–Crippen LogP) is 2.78. The number of nitrogens with two attached hydrogens (primary N) is 1. The van der Waals surface area contributed by atoms with Crippen LogP contribution in [0.4, 0.5) is 11.8 Å². The number of carbonyl (C=O) groups is 1. The standard InChI is InChI=1S/C23H26N6O2/c1-14-12-31-23(9-4-10-23)13-29(14)22-27-19(24)17-7-8-18(26-20(17)28-22)15-5-3-6-16(11-15)21(30)25-2/h3,5-8,11,14H,4,9-10,12-13H2,1-2H3,(H,25,30)(H2,24,26,27,28)/t14-/m0/s1. The van der Waals surface area contributed by atoms with E-state index in [4.69, 9.17) is 20.4 Å². The van der Waals surface area contributed by atoms with Crippen LogP contribution in [-0.4, -0.2) is 52.7 Å². The number of rotatable bonds is 3.